The zero-order chi connectivity index (χ0) is 13.9. The molecule has 0 saturated heterocycles. The minimum absolute atomic E-state index is 0.845. The highest BCUT2D eigenvalue weighted by atomic mass is 32.2. The Balaban J connectivity index is 2.40. The van der Waals surface area contributed by atoms with Gasteiger partial charge in [0.2, 0.25) is 0 Å². The molecule has 0 spiro atoms. The van der Waals surface area contributed by atoms with Crippen molar-refractivity contribution in [2.24, 2.45) is 0 Å². The quantitative estimate of drug-likeness (QED) is 0.868. The molecule has 2 aromatic heterocycles. The molecule has 0 aliphatic rings. The summed E-state index contributed by atoms with van der Waals surface area (Å²) in [6, 6.07) is 5.68. The summed E-state index contributed by atoms with van der Waals surface area (Å²) in [6.45, 7) is 3.37. The molecule has 2 aromatic rings. The highest BCUT2D eigenvalue weighted by molar-refractivity contribution is 8.01. The van der Waals surface area contributed by atoms with Crippen LogP contribution in [0.2, 0.25) is 0 Å². The second-order valence-electron chi connectivity index (χ2n) is 4.53. The topological polar surface area (TPSA) is 63.1 Å². The van der Waals surface area contributed by atoms with Gasteiger partial charge in [-0.2, -0.15) is 0 Å². The molecule has 5 heteroatoms. The molecular weight excluding hydrogens is 260 g/mol. The van der Waals surface area contributed by atoms with E-state index >= 15 is 0 Å². The summed E-state index contributed by atoms with van der Waals surface area (Å²) in [5.41, 5.74) is 1.97. The van der Waals surface area contributed by atoms with Gasteiger partial charge in [0.1, 0.15) is 4.75 Å². The molecule has 0 aliphatic carbocycles. The fourth-order valence-corrected chi connectivity index (χ4v) is 2.60. The van der Waals surface area contributed by atoms with Gasteiger partial charge >= 0.3 is 5.97 Å². The molecule has 0 aliphatic heterocycles. The van der Waals surface area contributed by atoms with Gasteiger partial charge in [-0.1, -0.05) is 0 Å². The van der Waals surface area contributed by atoms with Gasteiger partial charge in [-0.05, 0) is 43.2 Å². The number of hydrogen-bond acceptors (Lipinski definition) is 4. The zero-order valence-electron chi connectivity index (χ0n) is 10.7. The number of nitrogens with zero attached hydrogens (tertiary/aromatic N) is 2. The molecule has 0 atom stereocenters. The Hall–Kier alpha value is -1.88. The van der Waals surface area contributed by atoms with Crippen molar-refractivity contribution in [2.45, 2.75) is 23.5 Å². The maximum atomic E-state index is 11.2. The Labute approximate surface area is 115 Å². The van der Waals surface area contributed by atoms with Crippen LogP contribution in [0, 0.1) is 0 Å². The first-order valence-electron chi connectivity index (χ1n) is 5.77. The van der Waals surface area contributed by atoms with Crippen LogP contribution >= 0.6 is 11.8 Å². The number of rotatable bonds is 4. The van der Waals surface area contributed by atoms with Crippen molar-refractivity contribution in [2.75, 3.05) is 0 Å². The molecule has 4 nitrogen and oxygen atoms in total. The minimum atomic E-state index is -0.898. The Morgan fingerprint density at radius 3 is 2.42 bits per heavy atom. The zero-order valence-corrected chi connectivity index (χ0v) is 11.5. The van der Waals surface area contributed by atoms with Gasteiger partial charge < -0.3 is 5.11 Å². The van der Waals surface area contributed by atoms with Crippen molar-refractivity contribution in [3.8, 4) is 11.1 Å². The first-order valence-corrected chi connectivity index (χ1v) is 6.59. The summed E-state index contributed by atoms with van der Waals surface area (Å²) in [6.07, 6.45) is 6.83. The lowest BCUT2D eigenvalue weighted by atomic mass is 10.1. The van der Waals surface area contributed by atoms with Crippen molar-refractivity contribution >= 4 is 17.7 Å². The summed E-state index contributed by atoms with van der Waals surface area (Å²) >= 11 is 1.29. The predicted molar refractivity (Wildman–Crippen MR) is 75.0 cm³/mol. The molecule has 2 rings (SSSR count). The fraction of sp³-hybridized carbons (Fsp3) is 0.214. The van der Waals surface area contributed by atoms with Gasteiger partial charge in [0.05, 0.1) is 0 Å². The fourth-order valence-electron chi connectivity index (χ4n) is 1.55. The molecule has 0 radical (unpaired) electrons. The Bertz CT molecular complexity index is 585. The van der Waals surface area contributed by atoms with Crippen molar-refractivity contribution in [3.05, 3.63) is 43.0 Å². The SMILES string of the molecule is CC(C)(Sc1cnccc1-c1ccncc1)C(=O)O. The van der Waals surface area contributed by atoms with E-state index in [9.17, 15) is 9.90 Å². The molecule has 1 N–H and O–H groups in total. The maximum absolute atomic E-state index is 11.2. The van der Waals surface area contributed by atoms with Gasteiger partial charge in [-0.3, -0.25) is 14.8 Å². The molecule has 0 unspecified atom stereocenters. The second kappa shape index (κ2) is 5.40. The van der Waals surface area contributed by atoms with Crippen LogP contribution in [0.1, 0.15) is 13.8 Å². The molecule has 0 aromatic carbocycles. The first-order chi connectivity index (χ1) is 9.00. The molecule has 98 valence electrons. The Morgan fingerprint density at radius 2 is 1.79 bits per heavy atom. The van der Waals surface area contributed by atoms with E-state index < -0.39 is 10.7 Å². The van der Waals surface area contributed by atoms with Gasteiger partial charge in [0, 0.05) is 29.7 Å². The van der Waals surface area contributed by atoms with Crippen LogP contribution in [0.5, 0.6) is 0 Å². The van der Waals surface area contributed by atoms with E-state index in [-0.39, 0.29) is 0 Å². The Kier molecular flexibility index (Phi) is 3.85. The summed E-state index contributed by atoms with van der Waals surface area (Å²) in [4.78, 5) is 20.1. The molecule has 0 fully saturated rings. The van der Waals surface area contributed by atoms with Crippen molar-refractivity contribution < 1.29 is 9.90 Å². The van der Waals surface area contributed by atoms with E-state index in [1.54, 1.807) is 38.6 Å². The highest BCUT2D eigenvalue weighted by Gasteiger charge is 2.29. The molecule has 0 saturated carbocycles. The summed E-state index contributed by atoms with van der Waals surface area (Å²) in [7, 11) is 0. The van der Waals surface area contributed by atoms with E-state index in [2.05, 4.69) is 9.97 Å². The van der Waals surface area contributed by atoms with Crippen LogP contribution < -0.4 is 0 Å². The number of carboxylic acids is 1. The van der Waals surface area contributed by atoms with E-state index in [4.69, 9.17) is 0 Å². The normalized spacial score (nSPS) is 11.3. The van der Waals surface area contributed by atoms with Crippen molar-refractivity contribution in [3.63, 3.8) is 0 Å². The number of carboxylic acid groups (broad SMARTS) is 1. The summed E-state index contributed by atoms with van der Waals surface area (Å²) in [5.74, 6) is -0.845. The standard InChI is InChI=1S/C14H14N2O2S/c1-14(2,13(17)18)19-12-9-16-8-5-11(12)10-3-6-15-7-4-10/h3-9H,1-2H3,(H,17,18). The van der Waals surface area contributed by atoms with Crippen LogP contribution in [-0.2, 0) is 4.79 Å². The van der Waals surface area contributed by atoms with Crippen LogP contribution in [0.3, 0.4) is 0 Å². The summed E-state index contributed by atoms with van der Waals surface area (Å²) in [5, 5.41) is 9.21. The number of aromatic nitrogens is 2. The van der Waals surface area contributed by atoms with E-state index in [1.807, 2.05) is 18.2 Å². The van der Waals surface area contributed by atoms with E-state index in [0.29, 0.717) is 0 Å². The third kappa shape index (κ3) is 3.12. The lowest BCUT2D eigenvalue weighted by Crippen LogP contribution is -2.27. The summed E-state index contributed by atoms with van der Waals surface area (Å²) < 4.78 is -0.898. The predicted octanol–water partition coefficient (Wildman–Crippen LogP) is 3.10. The third-order valence-electron chi connectivity index (χ3n) is 2.66. The van der Waals surface area contributed by atoms with Crippen LogP contribution in [0.25, 0.3) is 11.1 Å². The molecule has 0 amide bonds. The number of carbonyl (C=O) groups is 1. The van der Waals surface area contributed by atoms with Crippen molar-refractivity contribution in [1.29, 1.82) is 0 Å². The minimum Gasteiger partial charge on any atom is -0.480 e. The largest absolute Gasteiger partial charge is 0.480 e. The van der Waals surface area contributed by atoms with E-state index in [1.165, 1.54) is 11.8 Å². The molecular formula is C14H14N2O2S. The highest BCUT2D eigenvalue weighted by Crippen LogP contribution is 2.38. The number of thioether (sulfide) groups is 1. The molecule has 2 heterocycles. The second-order valence-corrected chi connectivity index (χ2v) is 6.19. The average Bonchev–Trinajstić information content (AvgIpc) is 2.40. The smallest absolute Gasteiger partial charge is 0.319 e. The van der Waals surface area contributed by atoms with Crippen LogP contribution in [-0.4, -0.2) is 25.8 Å². The molecule has 19 heavy (non-hydrogen) atoms. The average molecular weight is 274 g/mol. The van der Waals surface area contributed by atoms with Gasteiger partial charge in [0.15, 0.2) is 0 Å². The number of pyridine rings is 2. The molecule has 0 bridgehead atoms. The van der Waals surface area contributed by atoms with Gasteiger partial charge in [-0.25, -0.2) is 0 Å². The monoisotopic (exact) mass is 274 g/mol. The van der Waals surface area contributed by atoms with Crippen LogP contribution in [0.15, 0.2) is 47.9 Å². The number of aliphatic carboxylic acids is 1. The van der Waals surface area contributed by atoms with Gasteiger partial charge in [0.25, 0.3) is 0 Å². The lowest BCUT2D eigenvalue weighted by molar-refractivity contribution is -0.138. The number of hydrogen-bond donors (Lipinski definition) is 1. The van der Waals surface area contributed by atoms with Gasteiger partial charge in [-0.15, -0.1) is 11.8 Å². The third-order valence-corrected chi connectivity index (χ3v) is 3.89. The van der Waals surface area contributed by atoms with Crippen molar-refractivity contribution in [1.82, 2.24) is 9.97 Å². The first kappa shape index (κ1) is 13.5. The Morgan fingerprint density at radius 1 is 1.16 bits per heavy atom. The van der Waals surface area contributed by atoms with E-state index in [0.717, 1.165) is 16.0 Å². The maximum Gasteiger partial charge on any atom is 0.319 e. The van der Waals surface area contributed by atoms with Crippen LogP contribution in [0.4, 0.5) is 0 Å². The lowest BCUT2D eigenvalue weighted by Gasteiger charge is -2.20.